The Balaban J connectivity index is 0.000000275. The number of imidazole rings is 1. The van der Waals surface area contributed by atoms with Crippen LogP contribution in [0.15, 0.2) is 168 Å². The van der Waals surface area contributed by atoms with Crippen LogP contribution in [0.5, 0.6) is 0 Å². The van der Waals surface area contributed by atoms with Crippen molar-refractivity contribution in [2.24, 2.45) is 0 Å². The molecule has 0 unspecified atom stereocenters. The molecule has 1 saturated carbocycles. The average molecular weight is 1100 g/mol. The first-order chi connectivity index (χ1) is 33.7. The number of hydrogen-bond donors (Lipinski definition) is 0. The topological polar surface area (TPSA) is 43.9 Å². The van der Waals surface area contributed by atoms with E-state index in [1.807, 2.05) is 36.5 Å². The first-order valence-electron chi connectivity index (χ1n) is 25.1. The molecule has 1 fully saturated rings. The van der Waals surface area contributed by atoms with E-state index in [0.29, 0.717) is 0 Å². The fourth-order valence-electron chi connectivity index (χ4n) is 11.7. The first kappa shape index (κ1) is 46.7. The minimum Gasteiger partial charge on any atom is -0.501 e. The third-order valence-corrected chi connectivity index (χ3v) is 15.8. The Kier molecular flexibility index (Phi) is 11.4. The normalized spacial score (nSPS) is 17.6. The minimum atomic E-state index is -0.140. The number of benzene rings is 8. The molecule has 71 heavy (non-hydrogen) atoms. The van der Waals surface area contributed by atoms with Crippen LogP contribution in [0.3, 0.4) is 0 Å². The number of para-hydroxylation sites is 3. The summed E-state index contributed by atoms with van der Waals surface area (Å²) in [5, 5.41) is 7.04. The third-order valence-electron chi connectivity index (χ3n) is 15.8. The maximum Gasteiger partial charge on any atom is 0.121 e. The van der Waals surface area contributed by atoms with E-state index in [9.17, 15) is 0 Å². The largest absolute Gasteiger partial charge is 0.501 e. The van der Waals surface area contributed by atoms with Crippen LogP contribution >= 0.6 is 0 Å². The van der Waals surface area contributed by atoms with Gasteiger partial charge in [-0.15, -0.1) is 54.1 Å². The third kappa shape index (κ3) is 7.93. The van der Waals surface area contributed by atoms with Gasteiger partial charge >= 0.3 is 0 Å². The molecule has 3 heterocycles. The Morgan fingerprint density at radius 2 is 1.34 bits per heavy atom. The van der Waals surface area contributed by atoms with Gasteiger partial charge in [-0.3, -0.25) is 4.98 Å². The summed E-state index contributed by atoms with van der Waals surface area (Å²) in [7, 11) is 0. The predicted octanol–water partition coefficient (Wildman–Crippen LogP) is 17.6. The molecule has 2 bridgehead atoms. The molecule has 5 heteroatoms. The number of fused-ring (bicyclic) bond motifs is 9. The molecule has 0 spiro atoms. The second-order valence-corrected chi connectivity index (χ2v) is 22.6. The Morgan fingerprint density at radius 1 is 0.592 bits per heavy atom. The molecule has 0 saturated heterocycles. The molecule has 1 radical (unpaired) electrons. The van der Waals surface area contributed by atoms with Crippen LogP contribution in [0, 0.1) is 12.1 Å². The summed E-state index contributed by atoms with van der Waals surface area (Å²) in [6.07, 6.45) is 6.95. The number of aromatic nitrogens is 3. The molecular formula is C66H59IrN3O-2. The Bertz CT molecular complexity index is 3840. The smallest absolute Gasteiger partial charge is 0.121 e. The van der Waals surface area contributed by atoms with E-state index in [4.69, 9.17) is 9.40 Å². The number of rotatable bonds is 4. The number of furan rings is 1. The molecule has 3 aliphatic rings. The molecular weight excluding hydrogens is 1040 g/mol. The molecule has 4 nitrogen and oxygen atoms in total. The van der Waals surface area contributed by atoms with E-state index in [0.717, 1.165) is 55.6 Å². The summed E-state index contributed by atoms with van der Waals surface area (Å²) in [6.45, 7) is 18.6. The van der Waals surface area contributed by atoms with Gasteiger partial charge in [-0.05, 0) is 133 Å². The van der Waals surface area contributed by atoms with Crippen LogP contribution in [-0.2, 0) is 41.8 Å². The molecule has 8 aromatic carbocycles. The number of pyridine rings is 1. The van der Waals surface area contributed by atoms with E-state index in [2.05, 4.69) is 204 Å². The quantitative estimate of drug-likeness (QED) is 0.130. The van der Waals surface area contributed by atoms with Crippen molar-refractivity contribution in [3.8, 4) is 39.5 Å². The van der Waals surface area contributed by atoms with Crippen molar-refractivity contribution >= 4 is 54.5 Å². The van der Waals surface area contributed by atoms with E-state index in [1.54, 1.807) is 11.1 Å². The van der Waals surface area contributed by atoms with Gasteiger partial charge in [-0.2, -0.15) is 0 Å². The molecule has 355 valence electrons. The van der Waals surface area contributed by atoms with Gasteiger partial charge in [0.25, 0.3) is 0 Å². The van der Waals surface area contributed by atoms with E-state index >= 15 is 0 Å². The SMILES string of the molecule is CC(C)(C)c1cccc(-c2ccc3c(c2)C2(C)CCC3(C)CC2)c1-n1c(-c2[c-]ccc3c2oc2cc4c(ccc5ccccc54)cc23)nc2ccccc21.CC(C)(C)c1ccnc(-c2[c-]cccc2)c1.[Ir]. The maximum absolute atomic E-state index is 6.92. The van der Waals surface area contributed by atoms with Crippen molar-refractivity contribution in [2.75, 3.05) is 0 Å². The van der Waals surface area contributed by atoms with Crippen LogP contribution < -0.4 is 0 Å². The molecule has 3 aromatic heterocycles. The molecule has 0 atom stereocenters. The molecule has 0 aliphatic heterocycles. The van der Waals surface area contributed by atoms with Gasteiger partial charge < -0.3 is 14.0 Å². The number of nitrogens with zero attached hydrogens (tertiary/aromatic N) is 3. The molecule has 0 amide bonds. The van der Waals surface area contributed by atoms with Gasteiger partial charge in [0.05, 0.1) is 28.1 Å². The van der Waals surface area contributed by atoms with Crippen LogP contribution in [0.25, 0.3) is 94.0 Å². The molecule has 0 N–H and O–H groups in total. The summed E-state index contributed by atoms with van der Waals surface area (Å²) < 4.78 is 9.33. The Hall–Kier alpha value is -6.65. The number of hydrogen-bond acceptors (Lipinski definition) is 3. The van der Waals surface area contributed by atoms with Crippen LogP contribution in [0.1, 0.15) is 103 Å². The zero-order valence-electron chi connectivity index (χ0n) is 42.0. The second kappa shape index (κ2) is 17.3. The van der Waals surface area contributed by atoms with Crippen LogP contribution in [0.4, 0.5) is 0 Å². The van der Waals surface area contributed by atoms with Crippen molar-refractivity contribution in [3.05, 3.63) is 198 Å². The van der Waals surface area contributed by atoms with Crippen molar-refractivity contribution < 1.29 is 24.5 Å². The minimum absolute atomic E-state index is 0. The summed E-state index contributed by atoms with van der Waals surface area (Å²) >= 11 is 0. The first-order valence-corrected chi connectivity index (χ1v) is 25.1. The Morgan fingerprint density at radius 3 is 2.11 bits per heavy atom. The van der Waals surface area contributed by atoms with Crippen LogP contribution in [0.2, 0.25) is 0 Å². The van der Waals surface area contributed by atoms with Crippen molar-refractivity contribution in [2.45, 2.75) is 103 Å². The van der Waals surface area contributed by atoms with Gasteiger partial charge in [0.15, 0.2) is 0 Å². The van der Waals surface area contributed by atoms with Crippen molar-refractivity contribution in [3.63, 3.8) is 0 Å². The van der Waals surface area contributed by atoms with Gasteiger partial charge in [0, 0.05) is 37.3 Å². The molecule has 3 aliphatic carbocycles. The van der Waals surface area contributed by atoms with Crippen LogP contribution in [-0.4, -0.2) is 14.5 Å². The monoisotopic (exact) mass is 1100 g/mol. The molecule has 11 aromatic rings. The second-order valence-electron chi connectivity index (χ2n) is 22.6. The fraction of sp³-hybridized carbons (Fsp3) is 0.242. The maximum atomic E-state index is 6.92. The van der Waals surface area contributed by atoms with Crippen molar-refractivity contribution in [1.82, 2.24) is 14.5 Å². The standard InChI is InChI=1S/C51H43N2O.C15H16N.Ir/c1-49(2,3)41-17-11-14-35(33-22-23-40-42(29-33)51(5)26-24-50(40,4)25-27-51)46(41)53-44-19-9-8-18-43(44)52-48(53)37-16-10-15-36-39-28-32-21-20-31-12-6-7-13-34(31)38(32)30-45(39)54-47(36)37;1-15(2,3)13-9-10-16-14(11-13)12-7-5-4-6-8-12;/h6-15,17-23,28-30H,24-27H2,1-5H3;4-7,9-11H,1-3H3;/q2*-1;. The van der Waals surface area contributed by atoms with Gasteiger partial charge in [0.2, 0.25) is 0 Å². The van der Waals surface area contributed by atoms with Crippen molar-refractivity contribution in [1.29, 1.82) is 0 Å². The fourth-order valence-corrected chi connectivity index (χ4v) is 11.7. The van der Waals surface area contributed by atoms with Gasteiger partial charge in [0.1, 0.15) is 5.58 Å². The Labute approximate surface area is 431 Å². The van der Waals surface area contributed by atoms with E-state index in [-0.39, 0.29) is 41.8 Å². The predicted molar refractivity (Wildman–Crippen MR) is 292 cm³/mol. The summed E-state index contributed by atoms with van der Waals surface area (Å²) in [6, 6.07) is 63.5. The summed E-state index contributed by atoms with van der Waals surface area (Å²) in [4.78, 5) is 9.82. The summed E-state index contributed by atoms with van der Waals surface area (Å²) in [5.41, 5.74) is 16.5. The van der Waals surface area contributed by atoms with Gasteiger partial charge in [-0.1, -0.05) is 157 Å². The zero-order chi connectivity index (χ0) is 48.2. The summed E-state index contributed by atoms with van der Waals surface area (Å²) in [5.74, 6) is 0.838. The van der Waals surface area contributed by atoms with E-state index in [1.165, 1.54) is 75.2 Å². The average Bonchev–Trinajstić information content (AvgIpc) is 3.94. The molecule has 14 rings (SSSR count). The zero-order valence-corrected chi connectivity index (χ0v) is 44.4. The van der Waals surface area contributed by atoms with Gasteiger partial charge in [-0.25, -0.2) is 0 Å². The van der Waals surface area contributed by atoms with E-state index < -0.39 is 0 Å².